The second-order valence-corrected chi connectivity index (χ2v) is 6.25. The molecular weight excluding hydrogens is 363 g/mol. The van der Waals surface area contributed by atoms with Crippen molar-refractivity contribution in [3.8, 4) is 11.5 Å². The number of ether oxygens (including phenoxy) is 2. The van der Waals surface area contributed by atoms with Crippen molar-refractivity contribution >= 4 is 39.9 Å². The van der Waals surface area contributed by atoms with Gasteiger partial charge < -0.3 is 14.6 Å². The standard InChI is InChI=1S/C19H14Cl2O4/c1-24-15-4-2-11(3-5-15)10-25-19(23)13-6-12-7-14(20)9-16(21)18(12)17(22)8-13/h2-9,22H,10H2,1H3. The molecule has 3 rings (SSSR count). The third-order valence-electron chi connectivity index (χ3n) is 3.71. The largest absolute Gasteiger partial charge is 0.507 e. The normalized spacial score (nSPS) is 10.7. The average molecular weight is 377 g/mol. The Kier molecular flexibility index (Phi) is 5.02. The highest BCUT2D eigenvalue weighted by Gasteiger charge is 2.14. The van der Waals surface area contributed by atoms with Gasteiger partial charge in [0.15, 0.2) is 0 Å². The molecule has 0 aliphatic rings. The number of hydrogen-bond donors (Lipinski definition) is 1. The van der Waals surface area contributed by atoms with E-state index in [1.807, 2.05) is 12.1 Å². The highest BCUT2D eigenvalue weighted by molar-refractivity contribution is 6.39. The van der Waals surface area contributed by atoms with Crippen molar-refractivity contribution in [1.82, 2.24) is 0 Å². The predicted octanol–water partition coefficient (Wildman–Crippen LogP) is 5.22. The lowest BCUT2D eigenvalue weighted by Crippen LogP contribution is -2.05. The lowest BCUT2D eigenvalue weighted by molar-refractivity contribution is 0.0472. The zero-order valence-electron chi connectivity index (χ0n) is 13.3. The molecule has 0 aliphatic heterocycles. The fourth-order valence-corrected chi connectivity index (χ4v) is 3.08. The van der Waals surface area contributed by atoms with Crippen molar-refractivity contribution < 1.29 is 19.4 Å². The molecule has 0 aromatic heterocycles. The molecule has 0 spiro atoms. The summed E-state index contributed by atoms with van der Waals surface area (Å²) < 4.78 is 10.4. The maximum absolute atomic E-state index is 12.3. The van der Waals surface area contributed by atoms with Gasteiger partial charge in [-0.15, -0.1) is 0 Å². The third kappa shape index (κ3) is 3.81. The van der Waals surface area contributed by atoms with Crippen LogP contribution in [0.15, 0.2) is 48.5 Å². The number of hydrogen-bond acceptors (Lipinski definition) is 4. The molecule has 0 bridgehead atoms. The van der Waals surface area contributed by atoms with Gasteiger partial charge in [-0.05, 0) is 47.3 Å². The first-order valence-electron chi connectivity index (χ1n) is 7.40. The van der Waals surface area contributed by atoms with Crippen LogP contribution < -0.4 is 4.74 Å². The van der Waals surface area contributed by atoms with E-state index in [-0.39, 0.29) is 17.9 Å². The summed E-state index contributed by atoms with van der Waals surface area (Å²) >= 11 is 12.1. The zero-order valence-corrected chi connectivity index (χ0v) is 14.8. The van der Waals surface area contributed by atoms with E-state index in [0.29, 0.717) is 20.8 Å². The quantitative estimate of drug-likeness (QED) is 0.634. The van der Waals surface area contributed by atoms with Crippen LogP contribution in [0.4, 0.5) is 0 Å². The number of methoxy groups -OCH3 is 1. The first kappa shape index (κ1) is 17.4. The Bertz CT molecular complexity index is 936. The lowest BCUT2D eigenvalue weighted by Gasteiger charge is -2.09. The minimum atomic E-state index is -0.552. The van der Waals surface area contributed by atoms with Crippen LogP contribution in [0.2, 0.25) is 10.0 Å². The summed E-state index contributed by atoms with van der Waals surface area (Å²) in [5.74, 6) is 0.0722. The third-order valence-corrected chi connectivity index (χ3v) is 4.23. The van der Waals surface area contributed by atoms with Gasteiger partial charge in [-0.3, -0.25) is 0 Å². The van der Waals surface area contributed by atoms with Crippen LogP contribution >= 0.6 is 23.2 Å². The summed E-state index contributed by atoms with van der Waals surface area (Å²) in [4.78, 5) is 12.3. The van der Waals surface area contributed by atoms with Crippen LogP contribution in [0, 0.1) is 0 Å². The number of carbonyl (C=O) groups is 1. The van der Waals surface area contributed by atoms with Crippen molar-refractivity contribution in [3.05, 3.63) is 69.7 Å². The van der Waals surface area contributed by atoms with Gasteiger partial charge in [-0.2, -0.15) is 0 Å². The molecule has 0 amide bonds. The van der Waals surface area contributed by atoms with E-state index in [9.17, 15) is 9.90 Å². The lowest BCUT2D eigenvalue weighted by atomic mass is 10.1. The smallest absolute Gasteiger partial charge is 0.338 e. The Labute approximate surface area is 154 Å². The molecule has 0 saturated heterocycles. The number of benzene rings is 3. The Morgan fingerprint density at radius 2 is 1.80 bits per heavy atom. The molecule has 4 nitrogen and oxygen atoms in total. The Morgan fingerprint density at radius 3 is 2.48 bits per heavy atom. The molecule has 0 aliphatic carbocycles. The second kappa shape index (κ2) is 7.21. The molecule has 3 aromatic rings. The van der Waals surface area contributed by atoms with Gasteiger partial charge in [0.25, 0.3) is 0 Å². The van der Waals surface area contributed by atoms with Crippen molar-refractivity contribution in [3.63, 3.8) is 0 Å². The molecule has 25 heavy (non-hydrogen) atoms. The van der Waals surface area contributed by atoms with E-state index in [4.69, 9.17) is 32.7 Å². The number of rotatable bonds is 4. The van der Waals surface area contributed by atoms with Gasteiger partial charge in [-0.1, -0.05) is 35.3 Å². The van der Waals surface area contributed by atoms with E-state index in [1.165, 1.54) is 12.1 Å². The van der Waals surface area contributed by atoms with Crippen LogP contribution in [-0.4, -0.2) is 18.2 Å². The number of fused-ring (bicyclic) bond motifs is 1. The number of carbonyl (C=O) groups excluding carboxylic acids is 1. The first-order chi connectivity index (χ1) is 12.0. The molecule has 3 aromatic carbocycles. The molecule has 0 atom stereocenters. The highest BCUT2D eigenvalue weighted by Crippen LogP contribution is 2.35. The Morgan fingerprint density at radius 1 is 1.08 bits per heavy atom. The molecule has 0 unspecified atom stereocenters. The van der Waals surface area contributed by atoms with Crippen molar-refractivity contribution in [2.24, 2.45) is 0 Å². The molecule has 0 fully saturated rings. The summed E-state index contributed by atoms with van der Waals surface area (Å²) in [5.41, 5.74) is 1.04. The van der Waals surface area contributed by atoms with E-state index in [2.05, 4.69) is 0 Å². The molecule has 6 heteroatoms. The molecule has 0 saturated carbocycles. The SMILES string of the molecule is COc1ccc(COC(=O)c2cc(O)c3c(Cl)cc(Cl)cc3c2)cc1. The van der Waals surface area contributed by atoms with E-state index >= 15 is 0 Å². The second-order valence-electron chi connectivity index (χ2n) is 5.41. The van der Waals surface area contributed by atoms with Crippen molar-refractivity contribution in [1.29, 1.82) is 0 Å². The zero-order chi connectivity index (χ0) is 18.0. The van der Waals surface area contributed by atoms with Crippen LogP contribution in [0.1, 0.15) is 15.9 Å². The maximum atomic E-state index is 12.3. The van der Waals surface area contributed by atoms with Gasteiger partial charge in [-0.25, -0.2) is 4.79 Å². The minimum absolute atomic E-state index is 0.101. The average Bonchev–Trinajstić information content (AvgIpc) is 2.59. The fourth-order valence-electron chi connectivity index (χ4n) is 2.48. The van der Waals surface area contributed by atoms with Gasteiger partial charge in [0.1, 0.15) is 18.1 Å². The summed E-state index contributed by atoms with van der Waals surface area (Å²) in [5, 5.41) is 11.9. The molecule has 1 N–H and O–H groups in total. The number of phenols is 1. The van der Waals surface area contributed by atoms with Gasteiger partial charge in [0.05, 0.1) is 17.7 Å². The first-order valence-corrected chi connectivity index (χ1v) is 8.15. The summed E-state index contributed by atoms with van der Waals surface area (Å²) in [6.07, 6.45) is 0. The maximum Gasteiger partial charge on any atom is 0.338 e. The Hall–Kier alpha value is -2.43. The van der Waals surface area contributed by atoms with Crippen LogP contribution in [-0.2, 0) is 11.3 Å². The van der Waals surface area contributed by atoms with Crippen LogP contribution in [0.25, 0.3) is 10.8 Å². The van der Waals surface area contributed by atoms with Gasteiger partial charge in [0, 0.05) is 10.4 Å². The topological polar surface area (TPSA) is 55.8 Å². The molecular formula is C19H14Cl2O4. The Balaban J connectivity index is 1.81. The number of aromatic hydroxyl groups is 1. The van der Waals surface area contributed by atoms with Gasteiger partial charge >= 0.3 is 5.97 Å². The monoisotopic (exact) mass is 376 g/mol. The van der Waals surface area contributed by atoms with Gasteiger partial charge in [0.2, 0.25) is 0 Å². The van der Waals surface area contributed by atoms with Crippen LogP contribution in [0.3, 0.4) is 0 Å². The minimum Gasteiger partial charge on any atom is -0.507 e. The summed E-state index contributed by atoms with van der Waals surface area (Å²) in [6, 6.07) is 13.3. The van der Waals surface area contributed by atoms with E-state index in [0.717, 1.165) is 11.3 Å². The summed E-state index contributed by atoms with van der Waals surface area (Å²) in [7, 11) is 1.58. The molecule has 128 valence electrons. The van der Waals surface area contributed by atoms with E-state index in [1.54, 1.807) is 31.4 Å². The number of esters is 1. The highest BCUT2D eigenvalue weighted by atomic mass is 35.5. The number of phenolic OH excluding ortho intramolecular Hbond substituents is 1. The van der Waals surface area contributed by atoms with Crippen molar-refractivity contribution in [2.45, 2.75) is 6.61 Å². The van der Waals surface area contributed by atoms with E-state index < -0.39 is 5.97 Å². The van der Waals surface area contributed by atoms with Crippen LogP contribution in [0.5, 0.6) is 11.5 Å². The van der Waals surface area contributed by atoms with Crippen molar-refractivity contribution in [2.75, 3.05) is 7.11 Å². The number of halogens is 2. The molecule has 0 radical (unpaired) electrons. The fraction of sp³-hybridized carbons (Fsp3) is 0.105. The molecule has 0 heterocycles. The predicted molar refractivity (Wildman–Crippen MR) is 97.7 cm³/mol. The summed E-state index contributed by atoms with van der Waals surface area (Å²) in [6.45, 7) is 0.109.